The number of rotatable bonds is 7. The van der Waals surface area contributed by atoms with Crippen molar-refractivity contribution in [2.24, 2.45) is 4.99 Å². The average Bonchev–Trinajstić information content (AvgIpc) is 3.04. The van der Waals surface area contributed by atoms with Gasteiger partial charge in [-0.05, 0) is 30.8 Å². The van der Waals surface area contributed by atoms with Gasteiger partial charge in [-0.15, -0.1) is 11.3 Å². The number of ether oxygens (including phenoxy) is 1. The van der Waals surface area contributed by atoms with Crippen LogP contribution in [0.3, 0.4) is 0 Å². The first-order valence-electron chi connectivity index (χ1n) is 7.65. The van der Waals surface area contributed by atoms with E-state index in [1.54, 1.807) is 11.3 Å². The monoisotopic (exact) mass is 310 g/mol. The maximum atomic E-state index is 5.35. The summed E-state index contributed by atoms with van der Waals surface area (Å²) in [4.78, 5) is 8.05. The molecule has 0 bridgehead atoms. The van der Waals surface area contributed by atoms with Crippen LogP contribution in [-0.4, -0.2) is 57.3 Å². The van der Waals surface area contributed by atoms with Gasteiger partial charge in [-0.2, -0.15) is 0 Å². The van der Waals surface area contributed by atoms with E-state index in [1.165, 1.54) is 17.8 Å². The number of morpholine rings is 1. The van der Waals surface area contributed by atoms with Crippen LogP contribution in [-0.2, 0) is 11.3 Å². The topological polar surface area (TPSA) is 48.9 Å². The molecule has 0 amide bonds. The van der Waals surface area contributed by atoms with Crippen molar-refractivity contribution in [3.8, 4) is 0 Å². The minimum Gasteiger partial charge on any atom is -0.379 e. The fraction of sp³-hybridized carbons (Fsp3) is 0.667. The number of aliphatic imine (C=N–C) groups is 1. The van der Waals surface area contributed by atoms with Crippen molar-refractivity contribution < 1.29 is 4.74 Å². The highest BCUT2D eigenvalue weighted by atomic mass is 32.1. The molecule has 1 aliphatic heterocycles. The number of hydrogen-bond acceptors (Lipinski definition) is 4. The highest BCUT2D eigenvalue weighted by Crippen LogP contribution is 2.07. The average molecular weight is 310 g/mol. The van der Waals surface area contributed by atoms with Crippen molar-refractivity contribution in [1.29, 1.82) is 0 Å². The predicted molar refractivity (Wildman–Crippen MR) is 89.0 cm³/mol. The van der Waals surface area contributed by atoms with Gasteiger partial charge < -0.3 is 15.4 Å². The smallest absolute Gasteiger partial charge is 0.191 e. The molecule has 0 saturated carbocycles. The minimum absolute atomic E-state index is 0.838. The third-order valence-electron chi connectivity index (χ3n) is 3.53. The van der Waals surface area contributed by atoms with E-state index in [-0.39, 0.29) is 0 Å². The molecular weight excluding hydrogens is 284 g/mol. The molecule has 21 heavy (non-hydrogen) atoms. The Morgan fingerprint density at radius 1 is 1.33 bits per heavy atom. The number of nitrogens with one attached hydrogen (secondary N) is 2. The SMILES string of the molecule is CN=C(NCCCCN1CCOCC1)NCc1cccs1. The molecule has 0 aromatic carbocycles. The van der Waals surface area contributed by atoms with Crippen LogP contribution in [0.2, 0.25) is 0 Å². The molecule has 0 spiro atoms. The number of hydrogen-bond donors (Lipinski definition) is 2. The Morgan fingerprint density at radius 3 is 2.90 bits per heavy atom. The highest BCUT2D eigenvalue weighted by Gasteiger charge is 2.08. The summed E-state index contributed by atoms with van der Waals surface area (Å²) in [6.07, 6.45) is 2.38. The Bertz CT molecular complexity index is 402. The Balaban J connectivity index is 1.51. The first-order valence-corrected chi connectivity index (χ1v) is 8.53. The molecule has 2 heterocycles. The molecular formula is C15H26N4OS. The number of nitrogens with zero attached hydrogens (tertiary/aromatic N) is 2. The zero-order valence-corrected chi connectivity index (χ0v) is 13.6. The largest absolute Gasteiger partial charge is 0.379 e. The predicted octanol–water partition coefficient (Wildman–Crippen LogP) is 1.53. The number of guanidine groups is 1. The summed E-state index contributed by atoms with van der Waals surface area (Å²) in [6.45, 7) is 6.91. The molecule has 6 heteroatoms. The van der Waals surface area contributed by atoms with Gasteiger partial charge in [-0.1, -0.05) is 6.07 Å². The summed E-state index contributed by atoms with van der Waals surface area (Å²) in [5, 5.41) is 8.80. The molecule has 1 aliphatic rings. The van der Waals surface area contributed by atoms with Crippen LogP contribution < -0.4 is 10.6 Å². The van der Waals surface area contributed by atoms with Crippen molar-refractivity contribution in [1.82, 2.24) is 15.5 Å². The van der Waals surface area contributed by atoms with Gasteiger partial charge >= 0.3 is 0 Å². The fourth-order valence-electron chi connectivity index (χ4n) is 2.30. The van der Waals surface area contributed by atoms with E-state index >= 15 is 0 Å². The van der Waals surface area contributed by atoms with E-state index in [1.807, 2.05) is 7.05 Å². The second-order valence-corrected chi connectivity index (χ2v) is 6.13. The quantitative estimate of drug-likeness (QED) is 0.455. The second-order valence-electron chi connectivity index (χ2n) is 5.09. The zero-order valence-electron chi connectivity index (χ0n) is 12.8. The molecule has 1 saturated heterocycles. The standard InChI is InChI=1S/C15H26N4OS/c1-16-15(18-13-14-5-4-12-21-14)17-6-2-3-7-19-8-10-20-11-9-19/h4-5,12H,2-3,6-11,13H2,1H3,(H2,16,17,18). The van der Waals surface area contributed by atoms with Gasteiger partial charge in [-0.25, -0.2) is 0 Å². The van der Waals surface area contributed by atoms with Crippen molar-refractivity contribution in [3.05, 3.63) is 22.4 Å². The lowest BCUT2D eigenvalue weighted by Crippen LogP contribution is -2.38. The van der Waals surface area contributed by atoms with Crippen LogP contribution in [0.4, 0.5) is 0 Å². The molecule has 0 atom stereocenters. The van der Waals surface area contributed by atoms with Crippen LogP contribution in [0.25, 0.3) is 0 Å². The minimum atomic E-state index is 0.838. The lowest BCUT2D eigenvalue weighted by atomic mass is 10.3. The first kappa shape index (κ1) is 16.3. The van der Waals surface area contributed by atoms with Crippen LogP contribution in [0.1, 0.15) is 17.7 Å². The normalized spacial score (nSPS) is 16.9. The Morgan fingerprint density at radius 2 is 2.19 bits per heavy atom. The van der Waals surface area contributed by atoms with Crippen LogP contribution in [0.15, 0.2) is 22.5 Å². The Labute approximate surface area is 131 Å². The zero-order chi connectivity index (χ0) is 14.8. The third kappa shape index (κ3) is 6.46. The molecule has 0 unspecified atom stereocenters. The molecule has 1 fully saturated rings. The Hall–Kier alpha value is -1.11. The van der Waals surface area contributed by atoms with Crippen LogP contribution in [0.5, 0.6) is 0 Å². The van der Waals surface area contributed by atoms with Gasteiger partial charge in [0.2, 0.25) is 0 Å². The van der Waals surface area contributed by atoms with Gasteiger partial charge in [-0.3, -0.25) is 9.89 Å². The first-order chi connectivity index (χ1) is 10.4. The summed E-state index contributed by atoms with van der Waals surface area (Å²) < 4.78 is 5.35. The van der Waals surface area contributed by atoms with Crippen LogP contribution in [0, 0.1) is 0 Å². The lowest BCUT2D eigenvalue weighted by Gasteiger charge is -2.26. The molecule has 2 N–H and O–H groups in total. The molecule has 0 aliphatic carbocycles. The van der Waals surface area contributed by atoms with Gasteiger partial charge in [0.1, 0.15) is 0 Å². The van der Waals surface area contributed by atoms with E-state index in [0.29, 0.717) is 0 Å². The number of thiophene rings is 1. The highest BCUT2D eigenvalue weighted by molar-refractivity contribution is 7.09. The van der Waals surface area contributed by atoms with E-state index in [4.69, 9.17) is 4.74 Å². The summed E-state index contributed by atoms with van der Waals surface area (Å²) in [6, 6.07) is 4.21. The summed E-state index contributed by atoms with van der Waals surface area (Å²) in [5.74, 6) is 0.884. The van der Waals surface area contributed by atoms with Crippen LogP contribution >= 0.6 is 11.3 Å². The summed E-state index contributed by atoms with van der Waals surface area (Å²) in [5.41, 5.74) is 0. The molecule has 1 aromatic heterocycles. The van der Waals surface area contributed by atoms with Gasteiger partial charge in [0, 0.05) is 31.6 Å². The van der Waals surface area contributed by atoms with Crippen molar-refractivity contribution in [2.75, 3.05) is 46.4 Å². The molecule has 5 nitrogen and oxygen atoms in total. The fourth-order valence-corrected chi connectivity index (χ4v) is 2.94. The lowest BCUT2D eigenvalue weighted by molar-refractivity contribution is 0.0372. The van der Waals surface area contributed by atoms with E-state index < -0.39 is 0 Å². The van der Waals surface area contributed by atoms with E-state index in [2.05, 4.69) is 38.0 Å². The van der Waals surface area contributed by atoms with Gasteiger partial charge in [0.15, 0.2) is 5.96 Å². The molecule has 0 radical (unpaired) electrons. The molecule has 2 rings (SSSR count). The molecule has 118 valence electrons. The Kier molecular flexibility index (Phi) is 7.56. The maximum Gasteiger partial charge on any atom is 0.191 e. The third-order valence-corrected chi connectivity index (χ3v) is 4.41. The van der Waals surface area contributed by atoms with E-state index in [9.17, 15) is 0 Å². The summed E-state index contributed by atoms with van der Waals surface area (Å²) in [7, 11) is 1.82. The summed E-state index contributed by atoms with van der Waals surface area (Å²) >= 11 is 1.76. The number of unbranched alkanes of at least 4 members (excludes halogenated alkanes) is 1. The molecule has 1 aromatic rings. The maximum absolute atomic E-state index is 5.35. The van der Waals surface area contributed by atoms with Crippen molar-refractivity contribution in [3.63, 3.8) is 0 Å². The van der Waals surface area contributed by atoms with Gasteiger partial charge in [0.05, 0.1) is 19.8 Å². The van der Waals surface area contributed by atoms with Crippen molar-refractivity contribution in [2.45, 2.75) is 19.4 Å². The van der Waals surface area contributed by atoms with E-state index in [0.717, 1.165) is 51.8 Å². The van der Waals surface area contributed by atoms with Gasteiger partial charge in [0.25, 0.3) is 0 Å². The second kappa shape index (κ2) is 9.76. The van der Waals surface area contributed by atoms with Crippen molar-refractivity contribution >= 4 is 17.3 Å².